The highest BCUT2D eigenvalue weighted by atomic mass is 35.5. The quantitative estimate of drug-likeness (QED) is 0.161. The summed E-state index contributed by atoms with van der Waals surface area (Å²) in [6.07, 6.45) is 1.47. The van der Waals surface area contributed by atoms with Crippen LogP contribution in [0.15, 0.2) is 102 Å². The average Bonchev–Trinajstić information content (AvgIpc) is 3.00. The van der Waals surface area contributed by atoms with Crippen LogP contribution in [-0.2, 0) is 4.79 Å². The molecule has 0 saturated heterocycles. The number of halogens is 1. The summed E-state index contributed by atoms with van der Waals surface area (Å²) in [4.78, 5) is 17.2. The number of nitrogens with zero attached hydrogens (tertiary/aromatic N) is 2. The van der Waals surface area contributed by atoms with Crippen LogP contribution in [0.1, 0.15) is 5.56 Å². The molecule has 200 valence electrons. The molecule has 7 nitrogen and oxygen atoms in total. The summed E-state index contributed by atoms with van der Waals surface area (Å²) >= 11 is 6.30. The molecule has 0 atom stereocenters. The summed E-state index contributed by atoms with van der Waals surface area (Å²) in [6.45, 7) is -0.202. The molecule has 0 aliphatic carbocycles. The standard InChI is InChI=1S/C32H26ClN3O4/c1-38-30-9-6-10-31(39-2)27(30)19-34-36-32(37)20-40-24-14-11-22(12-15-24)29-18-25(21-7-4-3-5-8-21)26-17-23(33)13-16-28(26)35-29/h3-19H,20H2,1-2H3,(H,36,37). The molecule has 1 heterocycles. The molecule has 1 aromatic heterocycles. The molecular weight excluding hydrogens is 526 g/mol. The Balaban J connectivity index is 1.28. The fraction of sp³-hybridized carbons (Fsp3) is 0.0938. The van der Waals surface area contributed by atoms with Crippen LogP contribution in [0, 0.1) is 0 Å². The van der Waals surface area contributed by atoms with Gasteiger partial charge in [-0.25, -0.2) is 10.4 Å². The highest BCUT2D eigenvalue weighted by molar-refractivity contribution is 6.31. The Hall–Kier alpha value is -4.88. The molecule has 1 N–H and O–H groups in total. The minimum atomic E-state index is -0.406. The number of rotatable bonds is 9. The van der Waals surface area contributed by atoms with Crippen molar-refractivity contribution in [2.45, 2.75) is 0 Å². The molecule has 0 bridgehead atoms. The molecular formula is C32H26ClN3O4. The number of hydrazone groups is 1. The van der Waals surface area contributed by atoms with E-state index in [2.05, 4.69) is 28.7 Å². The van der Waals surface area contributed by atoms with E-state index in [1.54, 1.807) is 32.4 Å². The molecule has 4 aromatic carbocycles. The van der Waals surface area contributed by atoms with Gasteiger partial charge in [0.15, 0.2) is 6.61 Å². The molecule has 0 radical (unpaired) electrons. The van der Waals surface area contributed by atoms with Gasteiger partial charge in [0.25, 0.3) is 5.91 Å². The summed E-state index contributed by atoms with van der Waals surface area (Å²) in [6, 6.07) is 30.7. The van der Waals surface area contributed by atoms with Crippen molar-refractivity contribution in [3.05, 3.63) is 108 Å². The highest BCUT2D eigenvalue weighted by Crippen LogP contribution is 2.34. The first-order valence-electron chi connectivity index (χ1n) is 12.5. The molecule has 5 aromatic rings. The van der Waals surface area contributed by atoms with E-state index < -0.39 is 5.91 Å². The number of benzene rings is 4. The number of amides is 1. The second-order valence-electron chi connectivity index (χ2n) is 8.76. The van der Waals surface area contributed by atoms with E-state index in [9.17, 15) is 4.79 Å². The van der Waals surface area contributed by atoms with Gasteiger partial charge >= 0.3 is 0 Å². The molecule has 1 amide bonds. The third kappa shape index (κ3) is 6.06. The first kappa shape index (κ1) is 26.7. The number of ether oxygens (including phenoxy) is 3. The van der Waals surface area contributed by atoms with Crippen molar-refractivity contribution in [3.8, 4) is 39.6 Å². The number of fused-ring (bicyclic) bond motifs is 1. The van der Waals surface area contributed by atoms with Crippen molar-refractivity contribution < 1.29 is 19.0 Å². The van der Waals surface area contributed by atoms with Gasteiger partial charge < -0.3 is 14.2 Å². The predicted molar refractivity (Wildman–Crippen MR) is 158 cm³/mol. The lowest BCUT2D eigenvalue weighted by atomic mass is 9.98. The van der Waals surface area contributed by atoms with Crippen LogP contribution in [0.3, 0.4) is 0 Å². The van der Waals surface area contributed by atoms with Gasteiger partial charge in [-0.3, -0.25) is 4.79 Å². The Morgan fingerprint density at radius 3 is 2.30 bits per heavy atom. The molecule has 0 fully saturated rings. The molecule has 8 heteroatoms. The van der Waals surface area contributed by atoms with Gasteiger partial charge in [-0.1, -0.05) is 48.0 Å². The molecule has 0 saturated carbocycles. The minimum absolute atomic E-state index is 0.202. The lowest BCUT2D eigenvalue weighted by Crippen LogP contribution is -2.24. The average molecular weight is 552 g/mol. The third-order valence-corrected chi connectivity index (χ3v) is 6.46. The second-order valence-corrected chi connectivity index (χ2v) is 9.20. The first-order chi connectivity index (χ1) is 19.6. The molecule has 5 rings (SSSR count). The van der Waals surface area contributed by atoms with Crippen LogP contribution < -0.4 is 19.6 Å². The minimum Gasteiger partial charge on any atom is -0.496 e. The van der Waals surface area contributed by atoms with E-state index in [1.807, 2.05) is 60.7 Å². The van der Waals surface area contributed by atoms with Crippen molar-refractivity contribution in [2.75, 3.05) is 20.8 Å². The van der Waals surface area contributed by atoms with E-state index in [4.69, 9.17) is 30.8 Å². The van der Waals surface area contributed by atoms with Gasteiger partial charge in [0.2, 0.25) is 0 Å². The fourth-order valence-corrected chi connectivity index (χ4v) is 4.45. The second kappa shape index (κ2) is 12.3. The van der Waals surface area contributed by atoms with Gasteiger partial charge in [-0.05, 0) is 71.8 Å². The van der Waals surface area contributed by atoms with E-state index in [1.165, 1.54) is 6.21 Å². The van der Waals surface area contributed by atoms with Crippen molar-refractivity contribution in [1.82, 2.24) is 10.4 Å². The number of pyridine rings is 1. The zero-order valence-electron chi connectivity index (χ0n) is 21.9. The van der Waals surface area contributed by atoms with Crippen LogP contribution in [0.5, 0.6) is 17.2 Å². The van der Waals surface area contributed by atoms with Crippen molar-refractivity contribution in [2.24, 2.45) is 5.10 Å². The van der Waals surface area contributed by atoms with Gasteiger partial charge in [0.05, 0.1) is 37.2 Å². The van der Waals surface area contributed by atoms with Crippen LogP contribution in [0.25, 0.3) is 33.3 Å². The number of hydrogen-bond acceptors (Lipinski definition) is 6. The number of methoxy groups -OCH3 is 2. The number of carbonyl (C=O) groups is 1. The number of carbonyl (C=O) groups excluding carboxylic acids is 1. The SMILES string of the molecule is COc1cccc(OC)c1C=NNC(=O)COc1ccc(-c2cc(-c3ccccc3)c3cc(Cl)ccc3n2)cc1. The zero-order valence-corrected chi connectivity index (χ0v) is 22.7. The number of aromatic nitrogens is 1. The van der Waals surface area contributed by atoms with E-state index >= 15 is 0 Å². The van der Waals surface area contributed by atoms with Gasteiger partial charge in [0.1, 0.15) is 17.2 Å². The Bertz CT molecular complexity index is 1650. The smallest absolute Gasteiger partial charge is 0.277 e. The van der Waals surface area contributed by atoms with Gasteiger partial charge in [0, 0.05) is 16.0 Å². The Morgan fingerprint density at radius 1 is 0.875 bits per heavy atom. The number of hydrogen-bond donors (Lipinski definition) is 1. The zero-order chi connectivity index (χ0) is 27.9. The highest BCUT2D eigenvalue weighted by Gasteiger charge is 2.11. The molecule has 0 unspecified atom stereocenters. The van der Waals surface area contributed by atoms with E-state index in [0.29, 0.717) is 27.8 Å². The summed E-state index contributed by atoms with van der Waals surface area (Å²) in [5.74, 6) is 1.30. The Labute approximate surface area is 237 Å². The van der Waals surface area contributed by atoms with Gasteiger partial charge in [-0.15, -0.1) is 0 Å². The van der Waals surface area contributed by atoms with Gasteiger partial charge in [-0.2, -0.15) is 5.10 Å². The van der Waals surface area contributed by atoms with Crippen molar-refractivity contribution in [3.63, 3.8) is 0 Å². The third-order valence-electron chi connectivity index (χ3n) is 6.22. The Kier molecular flexibility index (Phi) is 8.23. The van der Waals surface area contributed by atoms with Crippen LogP contribution in [0.4, 0.5) is 0 Å². The normalized spacial score (nSPS) is 11.0. The molecule has 0 aliphatic rings. The maximum absolute atomic E-state index is 12.3. The molecule has 0 spiro atoms. The van der Waals surface area contributed by atoms with Crippen molar-refractivity contribution >= 4 is 34.6 Å². The van der Waals surface area contributed by atoms with Crippen LogP contribution in [-0.4, -0.2) is 37.9 Å². The molecule has 0 aliphatic heterocycles. The number of nitrogens with one attached hydrogen (secondary N) is 1. The first-order valence-corrected chi connectivity index (χ1v) is 12.9. The van der Waals surface area contributed by atoms with E-state index in [-0.39, 0.29) is 6.61 Å². The lowest BCUT2D eigenvalue weighted by molar-refractivity contribution is -0.123. The topological polar surface area (TPSA) is 82.0 Å². The van der Waals surface area contributed by atoms with Crippen LogP contribution >= 0.6 is 11.6 Å². The van der Waals surface area contributed by atoms with Crippen molar-refractivity contribution in [1.29, 1.82) is 0 Å². The summed E-state index contributed by atoms with van der Waals surface area (Å²) in [5, 5.41) is 5.66. The predicted octanol–water partition coefficient (Wildman–Crippen LogP) is 6.77. The monoisotopic (exact) mass is 551 g/mol. The largest absolute Gasteiger partial charge is 0.496 e. The van der Waals surface area contributed by atoms with Crippen LogP contribution in [0.2, 0.25) is 5.02 Å². The maximum atomic E-state index is 12.3. The summed E-state index contributed by atoms with van der Waals surface area (Å²) in [5.41, 5.74) is 7.79. The fourth-order valence-electron chi connectivity index (χ4n) is 4.28. The summed E-state index contributed by atoms with van der Waals surface area (Å²) in [7, 11) is 3.11. The van der Waals surface area contributed by atoms with E-state index in [0.717, 1.165) is 33.3 Å². The molecule has 40 heavy (non-hydrogen) atoms. The summed E-state index contributed by atoms with van der Waals surface area (Å²) < 4.78 is 16.3. The Morgan fingerprint density at radius 2 is 1.60 bits per heavy atom. The maximum Gasteiger partial charge on any atom is 0.277 e. The lowest BCUT2D eigenvalue weighted by Gasteiger charge is -2.11.